The van der Waals surface area contributed by atoms with Crippen molar-refractivity contribution in [2.45, 2.75) is 18.8 Å². The van der Waals surface area contributed by atoms with Gasteiger partial charge in [-0.1, -0.05) is 6.07 Å². The van der Waals surface area contributed by atoms with Crippen LogP contribution in [-0.4, -0.2) is 73.8 Å². The van der Waals surface area contributed by atoms with Gasteiger partial charge in [0.05, 0.1) is 11.9 Å². The van der Waals surface area contributed by atoms with E-state index in [4.69, 9.17) is 0 Å². The zero-order chi connectivity index (χ0) is 16.2. The lowest BCUT2D eigenvalue weighted by molar-refractivity contribution is -0.130. The Kier molecular flexibility index (Phi) is 5.96. The van der Waals surface area contributed by atoms with Crippen LogP contribution in [0.4, 0.5) is 0 Å². The van der Waals surface area contributed by atoms with E-state index in [9.17, 15) is 18.3 Å². The third kappa shape index (κ3) is 5.35. The molecule has 1 aliphatic heterocycles. The zero-order valence-electron chi connectivity index (χ0n) is 12.6. The number of rotatable bonds is 6. The van der Waals surface area contributed by atoms with Gasteiger partial charge in [0.15, 0.2) is 9.84 Å². The molecule has 0 spiro atoms. The molecule has 8 heteroatoms. The smallest absolute Gasteiger partial charge is 0.237 e. The number of nitrogens with zero attached hydrogens (tertiary/aromatic N) is 2. The Morgan fingerprint density at radius 3 is 2.59 bits per heavy atom. The van der Waals surface area contributed by atoms with Crippen LogP contribution in [0.25, 0.3) is 0 Å². The number of carbonyl (C=O) groups is 1. The minimum Gasteiger partial charge on any atom is -0.392 e. The number of β-amino-alcohol motifs (C(OH)–C–C–N with tert-alkyl or cyclic N) is 1. The molecule has 1 aromatic heterocycles. The topological polar surface area (TPSA) is 77.9 Å². The maximum Gasteiger partial charge on any atom is 0.237 e. The Labute approximate surface area is 135 Å². The van der Waals surface area contributed by atoms with Crippen molar-refractivity contribution in [2.24, 2.45) is 0 Å². The molecule has 2 rings (SSSR count). The Balaban J connectivity index is 1.83. The maximum atomic E-state index is 12.2. The summed E-state index contributed by atoms with van der Waals surface area (Å²) in [4.78, 5) is 16.6. The van der Waals surface area contributed by atoms with Crippen LogP contribution in [0.2, 0.25) is 0 Å². The van der Waals surface area contributed by atoms with Gasteiger partial charge in [-0.3, -0.25) is 9.69 Å². The summed E-state index contributed by atoms with van der Waals surface area (Å²) in [6, 6.07) is 3.57. The number of aliphatic hydroxyl groups excluding tert-OH is 1. The number of carbonyl (C=O) groups excluding carboxylic acids is 1. The minimum atomic E-state index is -3.42. The standard InChI is InChI=1S/C14H22N2O4S2/c1-12(17)9-15-4-6-16(7-5-15)14(18)11-22(19,20)10-13-3-2-8-21-13/h2-3,8,12,17H,4-7,9-11H2,1H3/t12-/m1/s1. The van der Waals surface area contributed by atoms with Crippen LogP contribution in [0, 0.1) is 0 Å². The van der Waals surface area contributed by atoms with Crippen molar-refractivity contribution in [1.82, 2.24) is 9.80 Å². The molecule has 1 amide bonds. The molecule has 2 heterocycles. The molecule has 22 heavy (non-hydrogen) atoms. The second kappa shape index (κ2) is 7.54. The van der Waals surface area contributed by atoms with Crippen molar-refractivity contribution >= 4 is 27.1 Å². The van der Waals surface area contributed by atoms with E-state index >= 15 is 0 Å². The van der Waals surface area contributed by atoms with E-state index in [0.717, 1.165) is 4.88 Å². The third-order valence-electron chi connectivity index (χ3n) is 3.53. The zero-order valence-corrected chi connectivity index (χ0v) is 14.3. The highest BCUT2D eigenvalue weighted by molar-refractivity contribution is 7.91. The van der Waals surface area contributed by atoms with Gasteiger partial charge in [0.2, 0.25) is 5.91 Å². The number of piperazine rings is 1. The minimum absolute atomic E-state index is 0.0710. The van der Waals surface area contributed by atoms with Gasteiger partial charge >= 0.3 is 0 Å². The van der Waals surface area contributed by atoms with Crippen molar-refractivity contribution in [3.05, 3.63) is 22.4 Å². The largest absolute Gasteiger partial charge is 0.392 e. The van der Waals surface area contributed by atoms with E-state index in [0.29, 0.717) is 32.7 Å². The Hall–Kier alpha value is -0.960. The number of hydrogen-bond donors (Lipinski definition) is 1. The molecular weight excluding hydrogens is 324 g/mol. The summed E-state index contributed by atoms with van der Waals surface area (Å²) in [5.41, 5.74) is 0. The Bertz CT molecular complexity index is 576. The van der Waals surface area contributed by atoms with Gasteiger partial charge in [0, 0.05) is 37.6 Å². The lowest BCUT2D eigenvalue weighted by Gasteiger charge is -2.35. The summed E-state index contributed by atoms with van der Waals surface area (Å²) in [5.74, 6) is -0.826. The second-order valence-corrected chi connectivity index (χ2v) is 8.74. The van der Waals surface area contributed by atoms with Crippen LogP contribution in [0.15, 0.2) is 17.5 Å². The summed E-state index contributed by atoms with van der Waals surface area (Å²) in [6.45, 7) is 4.68. The first-order chi connectivity index (χ1) is 10.4. The molecule has 1 aromatic rings. The lowest BCUT2D eigenvalue weighted by atomic mass is 10.3. The van der Waals surface area contributed by atoms with Gasteiger partial charge in [0.1, 0.15) is 5.75 Å². The van der Waals surface area contributed by atoms with Crippen molar-refractivity contribution in [2.75, 3.05) is 38.5 Å². The summed E-state index contributed by atoms with van der Waals surface area (Å²) < 4.78 is 24.2. The molecule has 1 saturated heterocycles. The van der Waals surface area contributed by atoms with Crippen LogP contribution in [0.1, 0.15) is 11.8 Å². The van der Waals surface area contributed by atoms with Crippen molar-refractivity contribution in [1.29, 1.82) is 0 Å². The Morgan fingerprint density at radius 1 is 1.36 bits per heavy atom. The predicted octanol–water partition coefficient (Wildman–Crippen LogP) is 0.188. The third-order valence-corrected chi connectivity index (χ3v) is 6.03. The van der Waals surface area contributed by atoms with Crippen LogP contribution in [-0.2, 0) is 20.4 Å². The van der Waals surface area contributed by atoms with Gasteiger partial charge < -0.3 is 10.0 Å². The number of amides is 1. The fourth-order valence-corrected chi connectivity index (χ4v) is 4.99. The van der Waals surface area contributed by atoms with Crippen LogP contribution >= 0.6 is 11.3 Å². The van der Waals surface area contributed by atoms with Crippen molar-refractivity contribution in [3.8, 4) is 0 Å². The lowest BCUT2D eigenvalue weighted by Crippen LogP contribution is -2.51. The normalized spacial score (nSPS) is 18.4. The molecule has 0 radical (unpaired) electrons. The molecule has 0 aromatic carbocycles. The quantitative estimate of drug-likeness (QED) is 0.795. The molecule has 6 nitrogen and oxygen atoms in total. The van der Waals surface area contributed by atoms with E-state index in [2.05, 4.69) is 4.90 Å². The average molecular weight is 346 g/mol. The average Bonchev–Trinajstić information content (AvgIpc) is 2.90. The van der Waals surface area contributed by atoms with E-state index < -0.39 is 21.7 Å². The number of aliphatic hydroxyl groups is 1. The Morgan fingerprint density at radius 2 is 2.05 bits per heavy atom. The molecule has 1 atom stereocenters. The van der Waals surface area contributed by atoms with Gasteiger partial charge in [-0.25, -0.2) is 8.42 Å². The molecule has 1 aliphatic rings. The molecule has 1 N–H and O–H groups in total. The van der Waals surface area contributed by atoms with Gasteiger partial charge in [-0.2, -0.15) is 0 Å². The molecular formula is C14H22N2O4S2. The second-order valence-electron chi connectivity index (χ2n) is 5.64. The molecule has 0 bridgehead atoms. The fourth-order valence-electron chi connectivity index (χ4n) is 2.50. The van der Waals surface area contributed by atoms with Crippen LogP contribution in [0.3, 0.4) is 0 Å². The number of hydrogen-bond acceptors (Lipinski definition) is 6. The van der Waals surface area contributed by atoms with E-state index in [1.165, 1.54) is 11.3 Å². The molecule has 0 aliphatic carbocycles. The highest BCUT2D eigenvalue weighted by Gasteiger charge is 2.26. The first-order valence-electron chi connectivity index (χ1n) is 7.27. The van der Waals surface area contributed by atoms with Gasteiger partial charge in [-0.15, -0.1) is 11.3 Å². The predicted molar refractivity (Wildman–Crippen MR) is 86.5 cm³/mol. The summed E-state index contributed by atoms with van der Waals surface area (Å²) >= 11 is 1.38. The van der Waals surface area contributed by atoms with Crippen molar-refractivity contribution in [3.63, 3.8) is 0 Å². The summed E-state index contributed by atoms with van der Waals surface area (Å²) in [7, 11) is -3.42. The van der Waals surface area contributed by atoms with Gasteiger partial charge in [0.25, 0.3) is 0 Å². The highest BCUT2D eigenvalue weighted by atomic mass is 32.2. The first kappa shape index (κ1) is 17.4. The van der Waals surface area contributed by atoms with Crippen molar-refractivity contribution < 1.29 is 18.3 Å². The van der Waals surface area contributed by atoms with Gasteiger partial charge in [-0.05, 0) is 18.4 Å². The van der Waals surface area contributed by atoms with Crippen LogP contribution < -0.4 is 0 Å². The fraction of sp³-hybridized carbons (Fsp3) is 0.643. The molecule has 0 saturated carbocycles. The van der Waals surface area contributed by atoms with E-state index in [1.54, 1.807) is 24.0 Å². The monoisotopic (exact) mass is 346 g/mol. The maximum absolute atomic E-state index is 12.2. The van der Waals surface area contributed by atoms with Crippen LogP contribution in [0.5, 0.6) is 0 Å². The SMILES string of the molecule is C[C@@H](O)CN1CCN(C(=O)CS(=O)(=O)Cc2cccs2)CC1. The summed E-state index contributed by atoms with van der Waals surface area (Å²) in [6.07, 6.45) is -0.395. The summed E-state index contributed by atoms with van der Waals surface area (Å²) in [5, 5.41) is 11.2. The number of thiophene rings is 1. The highest BCUT2D eigenvalue weighted by Crippen LogP contribution is 2.14. The van der Waals surface area contributed by atoms with E-state index in [1.807, 2.05) is 5.38 Å². The van der Waals surface area contributed by atoms with E-state index in [-0.39, 0.29) is 11.7 Å². The molecule has 1 fully saturated rings. The number of sulfone groups is 1. The molecule has 0 unspecified atom stereocenters. The molecule has 124 valence electrons. The first-order valence-corrected chi connectivity index (χ1v) is 9.97.